The summed E-state index contributed by atoms with van der Waals surface area (Å²) in [7, 11) is 0. The Hall–Kier alpha value is -1.80. The number of halogens is 2. The van der Waals surface area contributed by atoms with Crippen LogP contribution in [0.5, 0.6) is 0 Å². The predicted octanol–water partition coefficient (Wildman–Crippen LogP) is 9.37. The third-order valence-corrected chi connectivity index (χ3v) is 12.3. The fourth-order valence-electron chi connectivity index (χ4n) is 8.22. The lowest BCUT2D eigenvalue weighted by Gasteiger charge is -2.06. The van der Waals surface area contributed by atoms with Crippen molar-refractivity contribution in [1.82, 2.24) is 0 Å². The molecule has 0 bridgehead atoms. The highest BCUT2D eigenvalue weighted by Gasteiger charge is 2.11. The first-order valence-electron chi connectivity index (χ1n) is 26.0. The van der Waals surface area contributed by atoms with Gasteiger partial charge in [-0.25, -0.2) is 18.7 Å². The van der Waals surface area contributed by atoms with Crippen molar-refractivity contribution in [2.75, 3.05) is 13.2 Å². The van der Waals surface area contributed by atoms with E-state index in [1.54, 1.807) is 0 Å². The summed E-state index contributed by atoms with van der Waals surface area (Å²) in [6, 6.07) is 7.49. The molecule has 0 atom stereocenters. The number of rotatable bonds is 43. The molecule has 0 amide bonds. The maximum absolute atomic E-state index is 12.5. The monoisotopic (exact) mass is 993 g/mol. The van der Waals surface area contributed by atoms with E-state index in [2.05, 4.69) is 23.0 Å². The molecule has 0 radical (unpaired) electrons. The van der Waals surface area contributed by atoms with Gasteiger partial charge in [-0.1, -0.05) is 194 Å². The number of hydrogen-bond donors (Lipinski definition) is 0. The molecule has 0 aromatic carbocycles. The molecule has 0 fully saturated rings. The summed E-state index contributed by atoms with van der Waals surface area (Å²) in [5.74, 6) is -0.514. The molecule has 0 saturated carbocycles. The van der Waals surface area contributed by atoms with Gasteiger partial charge in [0.1, 0.15) is 13.1 Å². The van der Waals surface area contributed by atoms with Crippen LogP contribution >= 0.6 is 0 Å². The zero-order chi connectivity index (χ0) is 42.8. The molecule has 2 aromatic rings. The number of carbonyl (C=O) groups is 2. The Balaban J connectivity index is 0.0000186. The highest BCUT2D eigenvalue weighted by molar-refractivity contribution is 5.89. The van der Waals surface area contributed by atoms with E-state index in [9.17, 15) is 9.59 Å². The lowest BCUT2D eigenvalue weighted by Crippen LogP contribution is -3.00. The van der Waals surface area contributed by atoms with Crippen LogP contribution in [0.4, 0.5) is 0 Å². The summed E-state index contributed by atoms with van der Waals surface area (Å²) in [6.07, 6.45) is 55.7. The predicted molar refractivity (Wildman–Crippen MR) is 251 cm³/mol. The van der Waals surface area contributed by atoms with E-state index in [1.807, 2.05) is 49.1 Å². The van der Waals surface area contributed by atoms with Gasteiger partial charge in [-0.3, -0.25) is 0 Å². The summed E-state index contributed by atoms with van der Waals surface area (Å²) in [4.78, 5) is 25.0. The minimum absolute atomic E-state index is 0. The molecule has 6 nitrogen and oxygen atoms in total. The van der Waals surface area contributed by atoms with Crippen LogP contribution in [-0.4, -0.2) is 25.2 Å². The minimum atomic E-state index is -0.257. The number of esters is 2. The van der Waals surface area contributed by atoms with Gasteiger partial charge < -0.3 is 43.4 Å². The Bertz CT molecular complexity index is 1160. The van der Waals surface area contributed by atoms with Crippen molar-refractivity contribution >= 4 is 11.9 Å². The van der Waals surface area contributed by atoms with Gasteiger partial charge in [0.2, 0.25) is 0 Å². The third-order valence-electron chi connectivity index (χ3n) is 12.3. The SMILES string of the molecule is CCCCCCCCCCCCCCCCCC[n+]1ccc(C(=O)OCCCCCCOC(=O)c2cc[n+](CCCCCCCCCCCCCCCCCC)cc2)cc1.[Br-].[Br-]. The molecule has 2 aromatic heterocycles. The Morgan fingerprint density at radius 3 is 0.790 bits per heavy atom. The van der Waals surface area contributed by atoms with E-state index in [0.717, 1.165) is 38.8 Å². The molecule has 358 valence electrons. The lowest BCUT2D eigenvalue weighted by atomic mass is 10.0. The van der Waals surface area contributed by atoms with Crippen molar-refractivity contribution in [2.45, 2.75) is 258 Å². The van der Waals surface area contributed by atoms with E-state index in [-0.39, 0.29) is 45.9 Å². The fraction of sp³-hybridized carbons (Fsp3) is 0.778. The second-order valence-electron chi connectivity index (χ2n) is 17.9. The van der Waals surface area contributed by atoms with Crippen LogP contribution in [0, 0.1) is 0 Å². The van der Waals surface area contributed by atoms with Gasteiger partial charge in [-0.15, -0.1) is 0 Å². The van der Waals surface area contributed by atoms with Crippen molar-refractivity contribution in [3.05, 3.63) is 60.2 Å². The zero-order valence-corrected chi connectivity index (χ0v) is 43.4. The standard InChI is InChI=1S/C54H94N2O4.2BrH/c1-3-5-7-9-11-13-15-17-19-21-23-25-27-29-31-35-43-55-45-39-51(40-46-55)53(57)59-49-37-33-34-38-50-60-54(58)52-41-47-56(48-42-52)44-36-32-30-28-26-24-22-20-18-16-14-12-10-8-6-4-2;;/h39-42,45-48H,3-38,43-44,49-50H2,1-2H3;2*1H/q+2;;/p-2. The van der Waals surface area contributed by atoms with Gasteiger partial charge >= 0.3 is 11.9 Å². The normalized spacial score (nSPS) is 10.9. The highest BCUT2D eigenvalue weighted by Crippen LogP contribution is 2.16. The molecule has 8 heteroatoms. The van der Waals surface area contributed by atoms with Crippen molar-refractivity contribution in [3.8, 4) is 0 Å². The summed E-state index contributed by atoms with van der Waals surface area (Å²) in [5, 5.41) is 0. The van der Waals surface area contributed by atoms with E-state index in [0.29, 0.717) is 24.3 Å². The van der Waals surface area contributed by atoms with Crippen LogP contribution in [0.25, 0.3) is 0 Å². The molecular formula is C54H94Br2N2O4. The van der Waals surface area contributed by atoms with Crippen LogP contribution in [-0.2, 0) is 22.6 Å². The average Bonchev–Trinajstić information content (AvgIpc) is 3.27. The quantitative estimate of drug-likeness (QED) is 0.0378. The molecule has 0 spiro atoms. The van der Waals surface area contributed by atoms with Crippen LogP contribution in [0.2, 0.25) is 0 Å². The maximum Gasteiger partial charge on any atom is 0.338 e. The van der Waals surface area contributed by atoms with E-state index >= 15 is 0 Å². The Morgan fingerprint density at radius 2 is 0.548 bits per heavy atom. The number of aryl methyl sites for hydroxylation is 2. The van der Waals surface area contributed by atoms with Crippen molar-refractivity contribution in [3.63, 3.8) is 0 Å². The average molecular weight is 995 g/mol. The largest absolute Gasteiger partial charge is 1.00 e. The molecule has 0 N–H and O–H groups in total. The number of unbranched alkanes of at least 4 members (excludes halogenated alkanes) is 33. The van der Waals surface area contributed by atoms with Crippen molar-refractivity contribution in [2.24, 2.45) is 0 Å². The van der Waals surface area contributed by atoms with Crippen LogP contribution < -0.4 is 43.1 Å². The number of ether oxygens (including phenoxy) is 2. The van der Waals surface area contributed by atoms with Crippen LogP contribution in [0.3, 0.4) is 0 Å². The van der Waals surface area contributed by atoms with Gasteiger partial charge in [0, 0.05) is 37.1 Å². The van der Waals surface area contributed by atoms with E-state index in [1.165, 1.54) is 205 Å². The van der Waals surface area contributed by atoms with Crippen LogP contribution in [0.1, 0.15) is 266 Å². The third kappa shape index (κ3) is 35.5. The molecule has 0 aliphatic rings. The second kappa shape index (κ2) is 45.8. The second-order valence-corrected chi connectivity index (χ2v) is 17.9. The number of hydrogen-bond acceptors (Lipinski definition) is 4. The van der Waals surface area contributed by atoms with Gasteiger partial charge in [0.25, 0.3) is 0 Å². The van der Waals surface area contributed by atoms with Gasteiger partial charge in [-0.05, 0) is 38.5 Å². The molecule has 62 heavy (non-hydrogen) atoms. The van der Waals surface area contributed by atoms with Crippen molar-refractivity contribution < 1.29 is 62.2 Å². The summed E-state index contributed by atoms with van der Waals surface area (Å²) in [5.41, 5.74) is 1.22. The zero-order valence-electron chi connectivity index (χ0n) is 40.2. The fourth-order valence-corrected chi connectivity index (χ4v) is 8.22. The Labute approximate surface area is 403 Å². The molecule has 0 aliphatic heterocycles. The summed E-state index contributed by atoms with van der Waals surface area (Å²) >= 11 is 0. The lowest BCUT2D eigenvalue weighted by molar-refractivity contribution is -0.697. The van der Waals surface area contributed by atoms with Gasteiger partial charge in [-0.2, -0.15) is 0 Å². The molecular weight excluding hydrogens is 900 g/mol. The Kier molecular flexibility index (Phi) is 44.4. The van der Waals surface area contributed by atoms with Gasteiger partial charge in [0.05, 0.1) is 24.3 Å². The number of pyridine rings is 2. The minimum Gasteiger partial charge on any atom is -1.00 e. The summed E-state index contributed by atoms with van der Waals surface area (Å²) in [6.45, 7) is 7.39. The van der Waals surface area contributed by atoms with Crippen molar-refractivity contribution in [1.29, 1.82) is 0 Å². The first kappa shape index (κ1) is 60.2. The number of carbonyl (C=O) groups excluding carboxylic acids is 2. The number of aromatic nitrogens is 2. The molecule has 0 unspecified atom stereocenters. The number of nitrogens with zero attached hydrogens (tertiary/aromatic N) is 2. The maximum atomic E-state index is 12.5. The summed E-state index contributed by atoms with van der Waals surface area (Å²) < 4.78 is 15.4. The molecule has 0 aliphatic carbocycles. The smallest absolute Gasteiger partial charge is 0.338 e. The van der Waals surface area contributed by atoms with E-state index < -0.39 is 0 Å². The van der Waals surface area contributed by atoms with E-state index in [4.69, 9.17) is 9.47 Å². The first-order valence-corrected chi connectivity index (χ1v) is 26.0. The topological polar surface area (TPSA) is 60.4 Å². The molecule has 2 heterocycles. The Morgan fingerprint density at radius 1 is 0.339 bits per heavy atom. The highest BCUT2D eigenvalue weighted by atomic mass is 79.9. The molecule has 2 rings (SSSR count). The first-order chi connectivity index (χ1) is 29.6. The van der Waals surface area contributed by atoms with Crippen LogP contribution in [0.15, 0.2) is 49.1 Å². The molecule has 0 saturated heterocycles. The van der Waals surface area contributed by atoms with Gasteiger partial charge in [0.15, 0.2) is 24.8 Å².